The molecule has 1 aliphatic heterocycles. The summed E-state index contributed by atoms with van der Waals surface area (Å²) < 4.78 is 15.8. The predicted octanol–water partition coefficient (Wildman–Crippen LogP) is 1.43. The van der Waals surface area contributed by atoms with E-state index in [0.29, 0.717) is 30.7 Å². The smallest absolute Gasteiger partial charge is 0.234 e. The van der Waals surface area contributed by atoms with Gasteiger partial charge in [-0.3, -0.25) is 9.69 Å². The van der Waals surface area contributed by atoms with Gasteiger partial charge in [-0.25, -0.2) is 0 Å². The molecule has 1 aliphatic rings. The fourth-order valence-corrected chi connectivity index (χ4v) is 2.75. The minimum Gasteiger partial charge on any atom is -0.493 e. The summed E-state index contributed by atoms with van der Waals surface area (Å²) in [5.74, 6) is 1.39. The molecule has 0 unspecified atom stereocenters. The van der Waals surface area contributed by atoms with Gasteiger partial charge in [0.15, 0.2) is 11.5 Å². The third-order valence-electron chi connectivity index (χ3n) is 4.17. The summed E-state index contributed by atoms with van der Waals surface area (Å²) >= 11 is 0. The minimum absolute atomic E-state index is 0.0376. The molecule has 0 spiro atoms. The Morgan fingerprint density at radius 2 is 1.87 bits per heavy atom. The first-order valence-corrected chi connectivity index (χ1v) is 7.89. The van der Waals surface area contributed by atoms with Gasteiger partial charge in [0.25, 0.3) is 0 Å². The summed E-state index contributed by atoms with van der Waals surface area (Å²) in [5, 5.41) is 2.95. The number of carbonyl (C=O) groups is 1. The van der Waals surface area contributed by atoms with Crippen LogP contribution in [-0.2, 0) is 16.1 Å². The van der Waals surface area contributed by atoms with Gasteiger partial charge in [-0.1, -0.05) is 6.07 Å². The lowest BCUT2D eigenvalue weighted by Crippen LogP contribution is -2.42. The maximum absolute atomic E-state index is 12.1. The highest BCUT2D eigenvalue weighted by molar-refractivity contribution is 5.78. The number of hydrogen-bond acceptors (Lipinski definition) is 5. The molecule has 6 heteroatoms. The molecule has 0 radical (unpaired) electrons. The van der Waals surface area contributed by atoms with E-state index in [2.05, 4.69) is 10.2 Å². The first kappa shape index (κ1) is 17.6. The third-order valence-corrected chi connectivity index (χ3v) is 4.17. The van der Waals surface area contributed by atoms with Crippen molar-refractivity contribution in [2.45, 2.75) is 25.5 Å². The molecule has 1 saturated heterocycles. The number of ether oxygens (including phenoxy) is 3. The fourth-order valence-electron chi connectivity index (χ4n) is 2.75. The molecule has 6 nitrogen and oxygen atoms in total. The summed E-state index contributed by atoms with van der Waals surface area (Å²) in [4.78, 5) is 14.2. The van der Waals surface area contributed by atoms with Crippen LogP contribution in [0.2, 0.25) is 0 Å². The fraction of sp³-hybridized carbons (Fsp3) is 0.588. The lowest BCUT2D eigenvalue weighted by molar-refractivity contribution is -0.123. The Balaban J connectivity index is 1.78. The van der Waals surface area contributed by atoms with Gasteiger partial charge in [-0.05, 0) is 30.5 Å². The van der Waals surface area contributed by atoms with E-state index in [1.54, 1.807) is 21.3 Å². The molecular formula is C17H26N2O4. The van der Waals surface area contributed by atoms with Crippen LogP contribution in [0.3, 0.4) is 0 Å². The van der Waals surface area contributed by atoms with Crippen LogP contribution in [0.5, 0.6) is 11.5 Å². The Hall–Kier alpha value is -1.79. The van der Waals surface area contributed by atoms with Gasteiger partial charge in [-0.2, -0.15) is 0 Å². The molecular weight excluding hydrogens is 296 g/mol. The topological polar surface area (TPSA) is 60.0 Å². The molecule has 1 aromatic rings. The number of likely N-dealkylation sites (tertiary alicyclic amines) is 1. The van der Waals surface area contributed by atoms with Crippen LogP contribution in [0.4, 0.5) is 0 Å². The van der Waals surface area contributed by atoms with Gasteiger partial charge in [0.05, 0.1) is 26.9 Å². The predicted molar refractivity (Wildman–Crippen MR) is 87.9 cm³/mol. The molecule has 128 valence electrons. The van der Waals surface area contributed by atoms with E-state index < -0.39 is 0 Å². The van der Waals surface area contributed by atoms with Crippen molar-refractivity contribution in [3.8, 4) is 11.5 Å². The highest BCUT2D eigenvalue weighted by atomic mass is 16.5. The number of amides is 1. The molecule has 23 heavy (non-hydrogen) atoms. The monoisotopic (exact) mass is 322 g/mol. The van der Waals surface area contributed by atoms with Crippen LogP contribution in [0.1, 0.15) is 18.4 Å². The van der Waals surface area contributed by atoms with Crippen molar-refractivity contribution in [3.63, 3.8) is 0 Å². The van der Waals surface area contributed by atoms with Crippen molar-refractivity contribution in [1.82, 2.24) is 10.2 Å². The second kappa shape index (κ2) is 8.74. The van der Waals surface area contributed by atoms with Crippen LogP contribution in [0, 0.1) is 0 Å². The van der Waals surface area contributed by atoms with Gasteiger partial charge < -0.3 is 19.5 Å². The van der Waals surface area contributed by atoms with E-state index in [0.717, 1.165) is 31.5 Å². The van der Waals surface area contributed by atoms with E-state index in [4.69, 9.17) is 14.2 Å². The summed E-state index contributed by atoms with van der Waals surface area (Å²) in [7, 11) is 4.95. The Labute approximate surface area is 137 Å². The van der Waals surface area contributed by atoms with Crippen LogP contribution in [0.25, 0.3) is 0 Å². The van der Waals surface area contributed by atoms with Crippen LogP contribution >= 0.6 is 0 Å². The second-order valence-corrected chi connectivity index (χ2v) is 5.68. The Morgan fingerprint density at radius 1 is 1.17 bits per heavy atom. The third kappa shape index (κ3) is 5.11. The molecule has 1 amide bonds. The molecule has 1 aromatic carbocycles. The Morgan fingerprint density at radius 3 is 2.48 bits per heavy atom. The lowest BCUT2D eigenvalue weighted by atomic mass is 10.1. The molecule has 1 heterocycles. The highest BCUT2D eigenvalue weighted by Crippen LogP contribution is 2.27. The molecule has 0 aliphatic carbocycles. The first-order valence-electron chi connectivity index (χ1n) is 7.89. The molecule has 1 fully saturated rings. The standard InChI is InChI=1S/C17H26N2O4/c1-21-14-6-8-19(9-7-14)12-17(20)18-11-13-4-5-15(22-2)16(10-13)23-3/h4-5,10,14H,6-9,11-12H2,1-3H3,(H,18,20). The van der Waals surface area contributed by atoms with Crippen molar-refractivity contribution in [2.24, 2.45) is 0 Å². The summed E-state index contributed by atoms with van der Waals surface area (Å²) in [5.41, 5.74) is 0.981. The number of benzene rings is 1. The molecule has 1 N–H and O–H groups in total. The lowest BCUT2D eigenvalue weighted by Gasteiger charge is -2.30. The van der Waals surface area contributed by atoms with Crippen molar-refractivity contribution in [2.75, 3.05) is 41.0 Å². The number of nitrogens with one attached hydrogen (secondary N) is 1. The quantitative estimate of drug-likeness (QED) is 0.823. The zero-order valence-electron chi connectivity index (χ0n) is 14.1. The Bertz CT molecular complexity index is 513. The number of hydrogen-bond donors (Lipinski definition) is 1. The average Bonchev–Trinajstić information content (AvgIpc) is 2.60. The van der Waals surface area contributed by atoms with Gasteiger partial charge in [0, 0.05) is 26.7 Å². The van der Waals surface area contributed by atoms with Crippen molar-refractivity contribution >= 4 is 5.91 Å². The normalized spacial score (nSPS) is 16.1. The number of methoxy groups -OCH3 is 3. The van der Waals surface area contributed by atoms with E-state index in [1.807, 2.05) is 18.2 Å². The summed E-state index contributed by atoms with van der Waals surface area (Å²) in [6.07, 6.45) is 2.31. The van der Waals surface area contributed by atoms with Crippen LogP contribution < -0.4 is 14.8 Å². The van der Waals surface area contributed by atoms with Gasteiger partial charge in [-0.15, -0.1) is 0 Å². The number of piperidine rings is 1. The van der Waals surface area contributed by atoms with Gasteiger partial charge in [0.2, 0.25) is 5.91 Å². The summed E-state index contributed by atoms with van der Waals surface area (Å²) in [6.45, 7) is 2.72. The van der Waals surface area contributed by atoms with E-state index >= 15 is 0 Å². The zero-order valence-corrected chi connectivity index (χ0v) is 14.1. The molecule has 0 bridgehead atoms. The van der Waals surface area contributed by atoms with Crippen molar-refractivity contribution in [1.29, 1.82) is 0 Å². The maximum Gasteiger partial charge on any atom is 0.234 e. The molecule has 0 aromatic heterocycles. The van der Waals surface area contributed by atoms with Gasteiger partial charge >= 0.3 is 0 Å². The number of rotatable bonds is 7. The summed E-state index contributed by atoms with van der Waals surface area (Å²) in [6, 6.07) is 5.64. The maximum atomic E-state index is 12.1. The van der Waals surface area contributed by atoms with Crippen LogP contribution in [0.15, 0.2) is 18.2 Å². The number of nitrogens with zero attached hydrogens (tertiary/aromatic N) is 1. The molecule has 0 atom stereocenters. The number of carbonyl (C=O) groups excluding carboxylic acids is 1. The molecule has 0 saturated carbocycles. The van der Waals surface area contributed by atoms with Crippen molar-refractivity contribution < 1.29 is 19.0 Å². The zero-order chi connectivity index (χ0) is 16.7. The van der Waals surface area contributed by atoms with E-state index in [9.17, 15) is 4.79 Å². The van der Waals surface area contributed by atoms with Gasteiger partial charge in [0.1, 0.15) is 0 Å². The minimum atomic E-state index is 0.0376. The second-order valence-electron chi connectivity index (χ2n) is 5.68. The average molecular weight is 322 g/mol. The van der Waals surface area contributed by atoms with E-state index in [-0.39, 0.29) is 5.91 Å². The van der Waals surface area contributed by atoms with E-state index in [1.165, 1.54) is 0 Å². The Kier molecular flexibility index (Phi) is 6.67. The SMILES string of the molecule is COc1ccc(CNC(=O)CN2CCC(OC)CC2)cc1OC. The largest absolute Gasteiger partial charge is 0.493 e. The molecule has 2 rings (SSSR count). The van der Waals surface area contributed by atoms with Crippen LogP contribution in [-0.4, -0.2) is 57.9 Å². The van der Waals surface area contributed by atoms with Crippen molar-refractivity contribution in [3.05, 3.63) is 23.8 Å². The highest BCUT2D eigenvalue weighted by Gasteiger charge is 2.20. The first-order chi connectivity index (χ1) is 11.2.